The van der Waals surface area contributed by atoms with Gasteiger partial charge < -0.3 is 10.5 Å². The van der Waals surface area contributed by atoms with Crippen LogP contribution in [0.4, 0.5) is 0 Å². The van der Waals surface area contributed by atoms with Gasteiger partial charge in [0.15, 0.2) is 0 Å². The Morgan fingerprint density at radius 2 is 1.86 bits per heavy atom. The molecule has 0 amide bonds. The minimum Gasteiger partial charge on any atom is -0.378 e. The molecule has 1 saturated heterocycles. The average Bonchev–Trinajstić information content (AvgIpc) is 2.61. The maximum absolute atomic E-state index is 6.00. The largest absolute Gasteiger partial charge is 0.378 e. The molecule has 0 aromatic carbocycles. The SMILES string of the molecule is CC.CC1CCC(N)CC2CCOC12. The molecule has 2 heteroatoms. The third kappa shape index (κ3) is 2.71. The van der Waals surface area contributed by atoms with Crippen molar-refractivity contribution in [3.63, 3.8) is 0 Å². The highest BCUT2D eigenvalue weighted by Gasteiger charge is 2.35. The van der Waals surface area contributed by atoms with Gasteiger partial charge >= 0.3 is 0 Å². The lowest BCUT2D eigenvalue weighted by Gasteiger charge is -2.20. The first-order chi connectivity index (χ1) is 6.77. The topological polar surface area (TPSA) is 35.2 Å². The summed E-state index contributed by atoms with van der Waals surface area (Å²) in [5, 5.41) is 0. The molecule has 0 aromatic rings. The summed E-state index contributed by atoms with van der Waals surface area (Å²) in [5.41, 5.74) is 6.00. The zero-order valence-corrected chi connectivity index (χ0v) is 9.83. The Bertz CT molecular complexity index is 160. The van der Waals surface area contributed by atoms with Crippen LogP contribution in [0.2, 0.25) is 0 Å². The van der Waals surface area contributed by atoms with E-state index in [9.17, 15) is 0 Å². The molecule has 0 radical (unpaired) electrons. The normalized spacial score (nSPS) is 42.0. The molecular weight excluding hydrogens is 174 g/mol. The molecule has 2 fully saturated rings. The van der Waals surface area contributed by atoms with Crippen molar-refractivity contribution in [1.82, 2.24) is 0 Å². The summed E-state index contributed by atoms with van der Waals surface area (Å²) in [6.07, 6.45) is 5.40. The number of rotatable bonds is 0. The fourth-order valence-corrected chi connectivity index (χ4v) is 2.68. The predicted octanol–water partition coefficient (Wildman–Crippen LogP) is 2.57. The van der Waals surface area contributed by atoms with E-state index in [2.05, 4.69) is 6.92 Å². The summed E-state index contributed by atoms with van der Waals surface area (Å²) in [6, 6.07) is 0.434. The molecule has 0 spiro atoms. The van der Waals surface area contributed by atoms with Gasteiger partial charge in [-0.1, -0.05) is 20.8 Å². The van der Waals surface area contributed by atoms with Gasteiger partial charge in [0.2, 0.25) is 0 Å². The van der Waals surface area contributed by atoms with E-state index >= 15 is 0 Å². The highest BCUT2D eigenvalue weighted by molar-refractivity contribution is 4.87. The number of ether oxygens (including phenoxy) is 1. The van der Waals surface area contributed by atoms with Crippen LogP contribution in [0, 0.1) is 11.8 Å². The second kappa shape index (κ2) is 5.72. The molecule has 4 atom stereocenters. The first-order valence-electron chi connectivity index (χ1n) is 6.14. The summed E-state index contributed by atoms with van der Waals surface area (Å²) in [7, 11) is 0. The van der Waals surface area contributed by atoms with Gasteiger partial charge in [0.25, 0.3) is 0 Å². The van der Waals surface area contributed by atoms with Crippen molar-refractivity contribution in [2.75, 3.05) is 6.61 Å². The van der Waals surface area contributed by atoms with Gasteiger partial charge in [-0.05, 0) is 37.5 Å². The number of nitrogens with two attached hydrogens (primary N) is 1. The summed E-state index contributed by atoms with van der Waals surface area (Å²) >= 11 is 0. The monoisotopic (exact) mass is 199 g/mol. The first-order valence-corrected chi connectivity index (χ1v) is 6.14. The summed E-state index contributed by atoms with van der Waals surface area (Å²) in [5.74, 6) is 1.49. The predicted molar refractivity (Wildman–Crippen MR) is 60.2 cm³/mol. The fraction of sp³-hybridized carbons (Fsp3) is 1.00. The van der Waals surface area contributed by atoms with E-state index in [1.54, 1.807) is 0 Å². The van der Waals surface area contributed by atoms with E-state index in [1.165, 1.54) is 25.7 Å². The minimum absolute atomic E-state index is 0.434. The molecule has 2 rings (SSSR count). The Hall–Kier alpha value is -0.0800. The summed E-state index contributed by atoms with van der Waals surface area (Å²) in [6.45, 7) is 7.27. The van der Waals surface area contributed by atoms with Gasteiger partial charge in [0, 0.05) is 12.6 Å². The minimum atomic E-state index is 0.434. The van der Waals surface area contributed by atoms with Gasteiger partial charge in [-0.3, -0.25) is 0 Å². The van der Waals surface area contributed by atoms with Crippen LogP contribution in [0.25, 0.3) is 0 Å². The van der Waals surface area contributed by atoms with Crippen LogP contribution in [0.15, 0.2) is 0 Å². The van der Waals surface area contributed by atoms with Crippen molar-refractivity contribution in [3.05, 3.63) is 0 Å². The lowest BCUT2D eigenvalue weighted by molar-refractivity contribution is 0.0493. The Morgan fingerprint density at radius 1 is 1.14 bits per heavy atom. The highest BCUT2D eigenvalue weighted by atomic mass is 16.5. The molecule has 1 saturated carbocycles. The number of hydrogen-bond acceptors (Lipinski definition) is 2. The van der Waals surface area contributed by atoms with E-state index in [0.29, 0.717) is 12.1 Å². The smallest absolute Gasteiger partial charge is 0.0630 e. The number of hydrogen-bond donors (Lipinski definition) is 1. The maximum Gasteiger partial charge on any atom is 0.0630 e. The van der Waals surface area contributed by atoms with Crippen LogP contribution in [0.3, 0.4) is 0 Å². The van der Waals surface area contributed by atoms with Crippen LogP contribution in [-0.2, 0) is 4.74 Å². The van der Waals surface area contributed by atoms with Crippen molar-refractivity contribution < 1.29 is 4.74 Å². The van der Waals surface area contributed by atoms with Crippen molar-refractivity contribution in [2.45, 2.75) is 58.6 Å². The zero-order chi connectivity index (χ0) is 10.6. The molecule has 2 N–H and O–H groups in total. The number of fused-ring (bicyclic) bond motifs is 1. The van der Waals surface area contributed by atoms with E-state index in [0.717, 1.165) is 18.4 Å². The summed E-state index contributed by atoms with van der Waals surface area (Å²) < 4.78 is 5.74. The molecule has 1 aliphatic heterocycles. The van der Waals surface area contributed by atoms with E-state index in [4.69, 9.17) is 10.5 Å². The molecule has 2 aliphatic rings. The van der Waals surface area contributed by atoms with Crippen molar-refractivity contribution in [3.8, 4) is 0 Å². The third-order valence-electron chi connectivity index (χ3n) is 3.42. The standard InChI is InChI=1S/C10H19NO.C2H6/c1-7-2-3-9(11)6-8-4-5-12-10(7)8;1-2/h7-10H,2-6,11H2,1H3;1-2H3. The van der Waals surface area contributed by atoms with E-state index in [-0.39, 0.29) is 0 Å². The van der Waals surface area contributed by atoms with Crippen molar-refractivity contribution >= 4 is 0 Å². The van der Waals surface area contributed by atoms with Gasteiger partial charge in [-0.25, -0.2) is 0 Å². The maximum atomic E-state index is 6.00. The van der Waals surface area contributed by atoms with E-state index < -0.39 is 0 Å². The molecular formula is C12H25NO. The summed E-state index contributed by atoms with van der Waals surface area (Å²) in [4.78, 5) is 0. The Morgan fingerprint density at radius 3 is 2.57 bits per heavy atom. The van der Waals surface area contributed by atoms with Crippen LogP contribution in [-0.4, -0.2) is 18.8 Å². The lowest BCUT2D eigenvalue weighted by Crippen LogP contribution is -2.25. The molecule has 1 aliphatic carbocycles. The van der Waals surface area contributed by atoms with Crippen LogP contribution >= 0.6 is 0 Å². The van der Waals surface area contributed by atoms with Gasteiger partial charge in [-0.15, -0.1) is 0 Å². The highest BCUT2D eigenvalue weighted by Crippen LogP contribution is 2.35. The molecule has 4 unspecified atom stereocenters. The van der Waals surface area contributed by atoms with Crippen molar-refractivity contribution in [2.24, 2.45) is 17.6 Å². The quantitative estimate of drug-likeness (QED) is 0.651. The van der Waals surface area contributed by atoms with Crippen LogP contribution < -0.4 is 5.73 Å². The second-order valence-electron chi connectivity index (χ2n) is 4.43. The van der Waals surface area contributed by atoms with Gasteiger partial charge in [0.05, 0.1) is 6.10 Å². The Labute approximate surface area is 88.2 Å². The molecule has 84 valence electrons. The van der Waals surface area contributed by atoms with Crippen molar-refractivity contribution in [1.29, 1.82) is 0 Å². The molecule has 14 heavy (non-hydrogen) atoms. The van der Waals surface area contributed by atoms with E-state index in [1.807, 2.05) is 13.8 Å². The van der Waals surface area contributed by atoms with Crippen LogP contribution in [0.1, 0.15) is 46.5 Å². The molecule has 0 bridgehead atoms. The second-order valence-corrected chi connectivity index (χ2v) is 4.43. The molecule has 1 heterocycles. The zero-order valence-electron chi connectivity index (χ0n) is 9.83. The van der Waals surface area contributed by atoms with Gasteiger partial charge in [0.1, 0.15) is 0 Å². The lowest BCUT2D eigenvalue weighted by atomic mass is 9.90. The average molecular weight is 199 g/mol. The first kappa shape index (κ1) is 12.0. The Balaban J connectivity index is 0.000000461. The molecule has 2 nitrogen and oxygen atoms in total. The fourth-order valence-electron chi connectivity index (χ4n) is 2.68. The van der Waals surface area contributed by atoms with Crippen LogP contribution in [0.5, 0.6) is 0 Å². The third-order valence-corrected chi connectivity index (χ3v) is 3.42. The molecule has 0 aromatic heterocycles. The Kier molecular flexibility index (Phi) is 4.90. The van der Waals surface area contributed by atoms with Gasteiger partial charge in [-0.2, -0.15) is 0 Å².